The highest BCUT2D eigenvalue weighted by Crippen LogP contribution is 2.24. The van der Waals surface area contributed by atoms with Crippen molar-refractivity contribution in [3.8, 4) is 5.75 Å². The summed E-state index contributed by atoms with van der Waals surface area (Å²) in [6.07, 6.45) is -0.572. The van der Waals surface area contributed by atoms with Crippen LogP contribution >= 0.6 is 11.3 Å². The van der Waals surface area contributed by atoms with Crippen molar-refractivity contribution < 1.29 is 14.6 Å². The number of ether oxygens (including phenoxy) is 1. The maximum absolute atomic E-state index is 11.8. The third kappa shape index (κ3) is 3.71. The van der Waals surface area contributed by atoms with Crippen molar-refractivity contribution in [1.29, 1.82) is 0 Å². The fourth-order valence-electron chi connectivity index (χ4n) is 1.20. The summed E-state index contributed by atoms with van der Waals surface area (Å²) in [5, 5.41) is 14.3. The fraction of sp³-hybridized carbons (Fsp3) is 0.583. The Bertz CT molecular complexity index is 381. The number of carbonyl (C=O) groups excluding carboxylic acids is 1. The van der Waals surface area contributed by atoms with Crippen LogP contribution in [0.1, 0.15) is 30.4 Å². The molecule has 0 aliphatic rings. The number of hydrogen-bond donors (Lipinski definition) is 2. The van der Waals surface area contributed by atoms with Gasteiger partial charge in [-0.2, -0.15) is 0 Å². The standard InChI is InChI=1S/C12H19NO3S/c1-12(2,3)9(14)7-13-11(15)10-8(16-4)5-6-17-10/h5-6,9,14H,7H2,1-4H3,(H,13,15). The van der Waals surface area contributed by atoms with E-state index in [0.29, 0.717) is 10.6 Å². The molecule has 1 aromatic rings. The van der Waals surface area contributed by atoms with E-state index in [4.69, 9.17) is 4.74 Å². The van der Waals surface area contributed by atoms with Crippen molar-refractivity contribution in [2.24, 2.45) is 5.41 Å². The summed E-state index contributed by atoms with van der Waals surface area (Å²) >= 11 is 1.32. The van der Waals surface area contributed by atoms with E-state index in [9.17, 15) is 9.90 Å². The van der Waals surface area contributed by atoms with Crippen LogP contribution in [0.25, 0.3) is 0 Å². The van der Waals surface area contributed by atoms with Gasteiger partial charge in [0.05, 0.1) is 13.2 Å². The first-order chi connectivity index (χ1) is 7.86. The van der Waals surface area contributed by atoms with Gasteiger partial charge in [-0.05, 0) is 16.9 Å². The Balaban J connectivity index is 2.57. The summed E-state index contributed by atoms with van der Waals surface area (Å²) in [7, 11) is 1.53. The van der Waals surface area contributed by atoms with Crippen LogP contribution in [0.3, 0.4) is 0 Å². The van der Waals surface area contributed by atoms with Crippen LogP contribution in [0.4, 0.5) is 0 Å². The van der Waals surface area contributed by atoms with Crippen LogP contribution in [-0.4, -0.2) is 30.8 Å². The summed E-state index contributed by atoms with van der Waals surface area (Å²) in [4.78, 5) is 12.4. The van der Waals surface area contributed by atoms with Crippen LogP contribution in [0.5, 0.6) is 5.75 Å². The van der Waals surface area contributed by atoms with Crippen molar-refractivity contribution >= 4 is 17.2 Å². The van der Waals surface area contributed by atoms with Gasteiger partial charge >= 0.3 is 0 Å². The highest BCUT2D eigenvalue weighted by Gasteiger charge is 2.23. The highest BCUT2D eigenvalue weighted by atomic mass is 32.1. The average Bonchev–Trinajstić information content (AvgIpc) is 2.71. The monoisotopic (exact) mass is 257 g/mol. The molecular weight excluding hydrogens is 238 g/mol. The van der Waals surface area contributed by atoms with Gasteiger partial charge in [-0.15, -0.1) is 11.3 Å². The third-order valence-corrected chi connectivity index (χ3v) is 3.41. The number of aliphatic hydroxyl groups excluding tert-OH is 1. The summed E-state index contributed by atoms with van der Waals surface area (Å²) in [6.45, 7) is 6.02. The zero-order valence-electron chi connectivity index (χ0n) is 10.6. The number of amides is 1. The van der Waals surface area contributed by atoms with Crippen LogP contribution < -0.4 is 10.1 Å². The number of hydrogen-bond acceptors (Lipinski definition) is 4. The fourth-order valence-corrected chi connectivity index (χ4v) is 1.97. The van der Waals surface area contributed by atoms with E-state index in [2.05, 4.69) is 5.32 Å². The first-order valence-electron chi connectivity index (χ1n) is 5.44. The number of carbonyl (C=O) groups is 1. The van der Waals surface area contributed by atoms with E-state index in [-0.39, 0.29) is 17.9 Å². The van der Waals surface area contributed by atoms with Gasteiger partial charge in [-0.1, -0.05) is 20.8 Å². The van der Waals surface area contributed by atoms with E-state index in [1.807, 2.05) is 20.8 Å². The molecule has 1 amide bonds. The number of thiophene rings is 1. The topological polar surface area (TPSA) is 58.6 Å². The van der Waals surface area contributed by atoms with E-state index in [0.717, 1.165) is 0 Å². The molecule has 5 heteroatoms. The Labute approximate surface area is 106 Å². The van der Waals surface area contributed by atoms with E-state index in [1.165, 1.54) is 18.4 Å². The van der Waals surface area contributed by atoms with Crippen LogP contribution in [0.15, 0.2) is 11.4 Å². The van der Waals surface area contributed by atoms with E-state index < -0.39 is 6.10 Å². The van der Waals surface area contributed by atoms with Crippen LogP contribution in [0, 0.1) is 5.41 Å². The molecule has 0 fully saturated rings. The van der Waals surface area contributed by atoms with Gasteiger partial charge in [0.15, 0.2) is 0 Å². The smallest absolute Gasteiger partial charge is 0.265 e. The normalized spacial score (nSPS) is 13.2. The maximum Gasteiger partial charge on any atom is 0.265 e. The Hall–Kier alpha value is -1.07. The SMILES string of the molecule is COc1ccsc1C(=O)NCC(O)C(C)(C)C. The van der Waals surface area contributed by atoms with Gasteiger partial charge < -0.3 is 15.2 Å². The van der Waals surface area contributed by atoms with Gasteiger partial charge in [0.2, 0.25) is 0 Å². The molecule has 0 aliphatic carbocycles. The second-order valence-corrected chi connectivity index (χ2v) is 5.83. The first kappa shape index (κ1) is 14.0. The molecule has 2 N–H and O–H groups in total. The van der Waals surface area contributed by atoms with Crippen molar-refractivity contribution in [3.63, 3.8) is 0 Å². The lowest BCUT2D eigenvalue weighted by atomic mass is 9.89. The van der Waals surface area contributed by atoms with Crippen molar-refractivity contribution in [2.45, 2.75) is 26.9 Å². The lowest BCUT2D eigenvalue weighted by Crippen LogP contribution is -2.39. The summed E-state index contributed by atoms with van der Waals surface area (Å²) in [5.74, 6) is 0.359. The molecule has 1 atom stereocenters. The molecule has 0 aliphatic heterocycles. The lowest BCUT2D eigenvalue weighted by molar-refractivity contribution is 0.0587. The molecule has 17 heavy (non-hydrogen) atoms. The Morgan fingerprint density at radius 2 is 2.24 bits per heavy atom. The Kier molecular flexibility index (Phi) is 4.54. The third-order valence-electron chi connectivity index (χ3n) is 2.51. The molecule has 0 spiro atoms. The zero-order chi connectivity index (χ0) is 13.1. The first-order valence-corrected chi connectivity index (χ1v) is 6.32. The molecular formula is C12H19NO3S. The molecule has 0 saturated heterocycles. The van der Waals surface area contributed by atoms with Gasteiger partial charge in [0.25, 0.3) is 5.91 Å². The van der Waals surface area contributed by atoms with Gasteiger partial charge in [0.1, 0.15) is 10.6 Å². The molecule has 1 heterocycles. The van der Waals surface area contributed by atoms with E-state index in [1.54, 1.807) is 11.4 Å². The molecule has 0 bridgehead atoms. The predicted octanol–water partition coefficient (Wildman–Crippen LogP) is 1.89. The zero-order valence-corrected chi connectivity index (χ0v) is 11.4. The second kappa shape index (κ2) is 5.51. The number of methoxy groups -OCH3 is 1. The molecule has 1 aromatic heterocycles. The lowest BCUT2D eigenvalue weighted by Gasteiger charge is -2.25. The number of aliphatic hydroxyl groups is 1. The van der Waals surface area contributed by atoms with Crippen LogP contribution in [-0.2, 0) is 0 Å². The largest absolute Gasteiger partial charge is 0.495 e. The summed E-state index contributed by atoms with van der Waals surface area (Å²) in [5.41, 5.74) is -0.243. The molecule has 1 rings (SSSR count). The molecule has 0 aromatic carbocycles. The molecule has 96 valence electrons. The van der Waals surface area contributed by atoms with Gasteiger partial charge in [-0.25, -0.2) is 0 Å². The molecule has 1 unspecified atom stereocenters. The maximum atomic E-state index is 11.8. The minimum absolute atomic E-state index is 0.208. The number of rotatable bonds is 4. The van der Waals surface area contributed by atoms with E-state index >= 15 is 0 Å². The minimum atomic E-state index is -0.572. The minimum Gasteiger partial charge on any atom is -0.495 e. The summed E-state index contributed by atoms with van der Waals surface area (Å²) < 4.78 is 5.07. The van der Waals surface area contributed by atoms with Crippen molar-refractivity contribution in [3.05, 3.63) is 16.3 Å². The second-order valence-electron chi connectivity index (χ2n) is 4.91. The van der Waals surface area contributed by atoms with Gasteiger partial charge in [-0.3, -0.25) is 4.79 Å². The van der Waals surface area contributed by atoms with Crippen LogP contribution in [0.2, 0.25) is 0 Å². The molecule has 0 radical (unpaired) electrons. The summed E-state index contributed by atoms with van der Waals surface area (Å²) in [6, 6.07) is 1.75. The van der Waals surface area contributed by atoms with Crippen molar-refractivity contribution in [2.75, 3.05) is 13.7 Å². The predicted molar refractivity (Wildman–Crippen MR) is 68.7 cm³/mol. The Morgan fingerprint density at radius 1 is 1.59 bits per heavy atom. The molecule has 4 nitrogen and oxygen atoms in total. The van der Waals surface area contributed by atoms with Crippen molar-refractivity contribution in [1.82, 2.24) is 5.32 Å². The van der Waals surface area contributed by atoms with Gasteiger partial charge in [0, 0.05) is 6.54 Å². The highest BCUT2D eigenvalue weighted by molar-refractivity contribution is 7.12. The Morgan fingerprint density at radius 3 is 2.76 bits per heavy atom. The average molecular weight is 257 g/mol. The molecule has 0 saturated carbocycles. The quantitative estimate of drug-likeness (QED) is 0.866. The number of nitrogens with one attached hydrogen (secondary N) is 1.